The molecule has 10 heavy (non-hydrogen) atoms. The molecule has 1 rings (SSSR count). The van der Waals surface area contributed by atoms with Crippen LogP contribution in [0.4, 0.5) is 0 Å². The van der Waals surface area contributed by atoms with Gasteiger partial charge in [0.2, 0.25) is 0 Å². The second-order valence-electron chi connectivity index (χ2n) is 2.68. The molecule has 0 aromatic carbocycles. The normalized spacial score (nSPS) is 23.4. The van der Waals surface area contributed by atoms with Crippen molar-refractivity contribution in [2.75, 3.05) is 20.1 Å². The van der Waals surface area contributed by atoms with E-state index in [2.05, 4.69) is 10.9 Å². The van der Waals surface area contributed by atoms with Gasteiger partial charge in [-0.1, -0.05) is 0 Å². The van der Waals surface area contributed by atoms with Crippen LogP contribution in [0, 0.1) is 0 Å². The highest BCUT2D eigenvalue weighted by Gasteiger charge is 2.15. The molecule has 0 bridgehead atoms. The molecule has 4 N–H and O–H groups in total. The molecule has 0 spiro atoms. The molecule has 0 aromatic rings. The van der Waals surface area contributed by atoms with Gasteiger partial charge in [-0.15, -0.1) is 0 Å². The van der Waals surface area contributed by atoms with Crippen LogP contribution < -0.4 is 16.7 Å². The Bertz CT molecular complexity index is 75.7. The Morgan fingerprint density at radius 1 is 1.40 bits per heavy atom. The zero-order chi connectivity index (χ0) is 7.40. The summed E-state index contributed by atoms with van der Waals surface area (Å²) >= 11 is 0. The summed E-state index contributed by atoms with van der Waals surface area (Å²) < 4.78 is 0. The fraction of sp³-hybridized carbons (Fsp3) is 1.00. The van der Waals surface area contributed by atoms with Crippen molar-refractivity contribution in [3.05, 3.63) is 0 Å². The Hall–Kier alpha value is -0.160. The number of hydrogen-bond acceptors (Lipinski definition) is 4. The third kappa shape index (κ3) is 1.91. The second kappa shape index (κ2) is 3.88. The standard InChI is InChI=1S/C6H16N4/c1-8-6-2-4-10(9-7)5-3-6/h6,8-9H,2-5,7H2,1H3. The quantitative estimate of drug-likeness (QED) is 0.345. The van der Waals surface area contributed by atoms with Crippen LogP contribution in [-0.4, -0.2) is 31.2 Å². The molecule has 4 heteroatoms. The Morgan fingerprint density at radius 2 is 2.00 bits per heavy atom. The minimum atomic E-state index is 0.685. The summed E-state index contributed by atoms with van der Waals surface area (Å²) in [6, 6.07) is 0.685. The lowest BCUT2D eigenvalue weighted by Crippen LogP contribution is -2.50. The highest BCUT2D eigenvalue weighted by atomic mass is 15.6. The topological polar surface area (TPSA) is 53.3 Å². The first-order chi connectivity index (χ1) is 4.86. The van der Waals surface area contributed by atoms with Crippen molar-refractivity contribution in [3.63, 3.8) is 0 Å². The molecule has 1 aliphatic heterocycles. The lowest BCUT2D eigenvalue weighted by Gasteiger charge is -2.30. The zero-order valence-corrected chi connectivity index (χ0v) is 6.43. The molecule has 60 valence electrons. The van der Waals surface area contributed by atoms with E-state index in [0.717, 1.165) is 13.1 Å². The molecular formula is C6H16N4. The highest BCUT2D eigenvalue weighted by Crippen LogP contribution is 2.06. The fourth-order valence-corrected chi connectivity index (χ4v) is 1.30. The van der Waals surface area contributed by atoms with Crippen molar-refractivity contribution in [2.24, 2.45) is 5.84 Å². The third-order valence-corrected chi connectivity index (χ3v) is 2.09. The van der Waals surface area contributed by atoms with Crippen molar-refractivity contribution >= 4 is 0 Å². The first kappa shape index (κ1) is 7.94. The van der Waals surface area contributed by atoms with E-state index in [1.807, 2.05) is 12.1 Å². The van der Waals surface area contributed by atoms with Gasteiger partial charge in [-0.2, -0.15) is 5.53 Å². The van der Waals surface area contributed by atoms with Gasteiger partial charge in [0, 0.05) is 19.1 Å². The highest BCUT2D eigenvalue weighted by molar-refractivity contribution is 4.72. The molecule has 1 aliphatic rings. The van der Waals surface area contributed by atoms with Crippen molar-refractivity contribution in [2.45, 2.75) is 18.9 Å². The van der Waals surface area contributed by atoms with E-state index in [1.54, 1.807) is 0 Å². The summed E-state index contributed by atoms with van der Waals surface area (Å²) in [5, 5.41) is 5.29. The lowest BCUT2D eigenvalue weighted by atomic mass is 10.1. The Balaban J connectivity index is 2.17. The molecule has 4 nitrogen and oxygen atoms in total. The third-order valence-electron chi connectivity index (χ3n) is 2.09. The van der Waals surface area contributed by atoms with Gasteiger partial charge in [0.05, 0.1) is 0 Å². The maximum Gasteiger partial charge on any atom is 0.0159 e. The number of nitrogens with one attached hydrogen (secondary N) is 2. The predicted molar refractivity (Wildman–Crippen MR) is 41.0 cm³/mol. The Labute approximate surface area is 61.7 Å². The van der Waals surface area contributed by atoms with Gasteiger partial charge in [0.15, 0.2) is 0 Å². The van der Waals surface area contributed by atoms with Crippen molar-refractivity contribution in [3.8, 4) is 0 Å². The van der Waals surface area contributed by atoms with Crippen LogP contribution in [0.25, 0.3) is 0 Å². The summed E-state index contributed by atoms with van der Waals surface area (Å²) in [4.78, 5) is 0. The van der Waals surface area contributed by atoms with Crippen LogP contribution in [0.5, 0.6) is 0 Å². The molecular weight excluding hydrogens is 128 g/mol. The molecule has 0 aromatic heterocycles. The smallest absolute Gasteiger partial charge is 0.0159 e. The monoisotopic (exact) mass is 144 g/mol. The van der Waals surface area contributed by atoms with Crippen LogP contribution in [0.3, 0.4) is 0 Å². The molecule has 0 amide bonds. The van der Waals surface area contributed by atoms with Gasteiger partial charge >= 0.3 is 0 Å². The minimum Gasteiger partial charge on any atom is -0.317 e. The van der Waals surface area contributed by atoms with Crippen LogP contribution in [0.2, 0.25) is 0 Å². The number of piperidine rings is 1. The van der Waals surface area contributed by atoms with E-state index >= 15 is 0 Å². The van der Waals surface area contributed by atoms with Gasteiger partial charge in [-0.25, -0.2) is 5.01 Å². The van der Waals surface area contributed by atoms with Gasteiger partial charge in [-0.3, -0.25) is 5.84 Å². The van der Waals surface area contributed by atoms with E-state index < -0.39 is 0 Å². The van der Waals surface area contributed by atoms with Crippen molar-refractivity contribution in [1.82, 2.24) is 15.9 Å². The Kier molecular flexibility index (Phi) is 3.08. The molecule has 0 aliphatic carbocycles. The van der Waals surface area contributed by atoms with Crippen LogP contribution >= 0.6 is 0 Å². The minimum absolute atomic E-state index is 0.685. The lowest BCUT2D eigenvalue weighted by molar-refractivity contribution is 0.138. The molecule has 1 fully saturated rings. The number of nitrogens with zero attached hydrogens (tertiary/aromatic N) is 1. The van der Waals surface area contributed by atoms with E-state index in [9.17, 15) is 0 Å². The maximum absolute atomic E-state index is 5.25. The number of hydrazine groups is 2. The van der Waals surface area contributed by atoms with Gasteiger partial charge in [0.1, 0.15) is 0 Å². The summed E-state index contributed by atoms with van der Waals surface area (Å²) in [5.74, 6) is 5.25. The molecule has 1 saturated heterocycles. The summed E-state index contributed by atoms with van der Waals surface area (Å²) in [5.41, 5.74) is 2.65. The molecule has 0 radical (unpaired) electrons. The van der Waals surface area contributed by atoms with Gasteiger partial charge in [0.25, 0.3) is 0 Å². The van der Waals surface area contributed by atoms with Crippen LogP contribution in [0.15, 0.2) is 0 Å². The van der Waals surface area contributed by atoms with Gasteiger partial charge < -0.3 is 5.32 Å². The Morgan fingerprint density at radius 3 is 2.40 bits per heavy atom. The molecule has 0 atom stereocenters. The maximum atomic E-state index is 5.25. The zero-order valence-electron chi connectivity index (χ0n) is 6.43. The van der Waals surface area contributed by atoms with E-state index in [1.165, 1.54) is 12.8 Å². The van der Waals surface area contributed by atoms with Crippen molar-refractivity contribution in [1.29, 1.82) is 0 Å². The van der Waals surface area contributed by atoms with Gasteiger partial charge in [-0.05, 0) is 19.9 Å². The number of nitrogens with two attached hydrogens (primary N) is 1. The largest absolute Gasteiger partial charge is 0.317 e. The number of hydrogen-bond donors (Lipinski definition) is 3. The van der Waals surface area contributed by atoms with Crippen LogP contribution in [-0.2, 0) is 0 Å². The summed E-state index contributed by atoms with van der Waals surface area (Å²) in [6.45, 7) is 2.09. The summed E-state index contributed by atoms with van der Waals surface area (Å²) in [7, 11) is 2.01. The first-order valence-electron chi connectivity index (χ1n) is 3.75. The average Bonchev–Trinajstić information content (AvgIpc) is 2.05. The van der Waals surface area contributed by atoms with E-state index in [-0.39, 0.29) is 0 Å². The first-order valence-corrected chi connectivity index (χ1v) is 3.75. The second-order valence-corrected chi connectivity index (χ2v) is 2.68. The molecule has 0 unspecified atom stereocenters. The van der Waals surface area contributed by atoms with E-state index in [4.69, 9.17) is 5.84 Å². The predicted octanol–water partition coefficient (Wildman–Crippen LogP) is -0.951. The van der Waals surface area contributed by atoms with E-state index in [0.29, 0.717) is 6.04 Å². The fourth-order valence-electron chi connectivity index (χ4n) is 1.30. The molecule has 1 heterocycles. The van der Waals surface area contributed by atoms with Crippen LogP contribution in [0.1, 0.15) is 12.8 Å². The number of rotatable bonds is 2. The SMILES string of the molecule is CNC1CCN(NN)CC1. The van der Waals surface area contributed by atoms with Crippen molar-refractivity contribution < 1.29 is 0 Å². The summed E-state index contributed by atoms with van der Waals surface area (Å²) in [6.07, 6.45) is 2.36. The average molecular weight is 144 g/mol. The molecule has 0 saturated carbocycles.